The minimum Gasteiger partial charge on any atom is -0.478 e. The van der Waals surface area contributed by atoms with Gasteiger partial charge in [0.2, 0.25) is 0 Å². The van der Waals surface area contributed by atoms with E-state index >= 15 is 0 Å². The van der Waals surface area contributed by atoms with Crippen molar-refractivity contribution in [2.45, 2.75) is 23.0 Å². The van der Waals surface area contributed by atoms with Gasteiger partial charge in [-0.05, 0) is 31.0 Å². The Morgan fingerprint density at radius 1 is 1.41 bits per heavy atom. The number of anilines is 1. The topological polar surface area (TPSA) is 72.5 Å². The molecule has 0 unspecified atom stereocenters. The Bertz CT molecular complexity index is 416. The van der Waals surface area contributed by atoms with Crippen LogP contribution in [0.25, 0.3) is 0 Å². The summed E-state index contributed by atoms with van der Waals surface area (Å²) in [7, 11) is 0. The quantitative estimate of drug-likeness (QED) is 0.808. The molecule has 0 saturated carbocycles. The van der Waals surface area contributed by atoms with E-state index in [9.17, 15) is 4.79 Å². The first-order valence-corrected chi connectivity index (χ1v) is 6.42. The standard InChI is InChI=1S/C12H15NO3S/c13-11-7-9(1-2-10(11)12(14)15)17-8-3-5-16-6-4-8/h1-2,7-8H,3-6,13H2,(H,14,15). The lowest BCUT2D eigenvalue weighted by Crippen LogP contribution is -2.17. The Morgan fingerprint density at radius 2 is 2.12 bits per heavy atom. The number of aromatic carboxylic acids is 1. The molecule has 92 valence electrons. The van der Waals surface area contributed by atoms with Gasteiger partial charge in [-0.15, -0.1) is 11.8 Å². The molecule has 0 radical (unpaired) electrons. The maximum Gasteiger partial charge on any atom is 0.337 e. The molecule has 17 heavy (non-hydrogen) atoms. The molecular weight excluding hydrogens is 238 g/mol. The Labute approximate surface area is 104 Å². The number of thioether (sulfide) groups is 1. The van der Waals surface area contributed by atoms with Gasteiger partial charge in [0.1, 0.15) is 0 Å². The number of benzene rings is 1. The molecule has 1 aromatic rings. The molecule has 1 saturated heterocycles. The van der Waals surface area contributed by atoms with Crippen molar-refractivity contribution < 1.29 is 14.6 Å². The Balaban J connectivity index is 2.06. The van der Waals surface area contributed by atoms with E-state index in [0.29, 0.717) is 10.9 Å². The largest absolute Gasteiger partial charge is 0.478 e. The zero-order chi connectivity index (χ0) is 12.3. The highest BCUT2D eigenvalue weighted by Crippen LogP contribution is 2.31. The summed E-state index contributed by atoms with van der Waals surface area (Å²) < 4.78 is 5.30. The molecule has 0 bridgehead atoms. The van der Waals surface area contributed by atoms with Gasteiger partial charge in [0.15, 0.2) is 0 Å². The van der Waals surface area contributed by atoms with Crippen molar-refractivity contribution in [1.82, 2.24) is 0 Å². The maximum atomic E-state index is 10.8. The highest BCUT2D eigenvalue weighted by atomic mass is 32.2. The summed E-state index contributed by atoms with van der Waals surface area (Å²) >= 11 is 1.75. The highest BCUT2D eigenvalue weighted by molar-refractivity contribution is 8.00. The Kier molecular flexibility index (Phi) is 3.91. The lowest BCUT2D eigenvalue weighted by atomic mass is 10.2. The highest BCUT2D eigenvalue weighted by Gasteiger charge is 2.16. The number of ether oxygens (including phenoxy) is 1. The number of nitrogens with two attached hydrogens (primary N) is 1. The molecule has 0 amide bonds. The molecule has 4 nitrogen and oxygen atoms in total. The van der Waals surface area contributed by atoms with E-state index < -0.39 is 5.97 Å². The third kappa shape index (κ3) is 3.14. The predicted octanol–water partition coefficient (Wildman–Crippen LogP) is 2.24. The van der Waals surface area contributed by atoms with Gasteiger partial charge in [0.05, 0.1) is 5.56 Å². The van der Waals surface area contributed by atoms with Crippen LogP contribution in [0.4, 0.5) is 5.69 Å². The smallest absolute Gasteiger partial charge is 0.337 e. The molecule has 1 heterocycles. The van der Waals surface area contributed by atoms with Crippen LogP contribution in [-0.2, 0) is 4.74 Å². The molecular formula is C12H15NO3S. The van der Waals surface area contributed by atoms with Gasteiger partial charge in [-0.1, -0.05) is 0 Å². The van der Waals surface area contributed by atoms with Crippen molar-refractivity contribution in [3.63, 3.8) is 0 Å². The van der Waals surface area contributed by atoms with Crippen LogP contribution < -0.4 is 5.73 Å². The predicted molar refractivity (Wildman–Crippen MR) is 67.5 cm³/mol. The van der Waals surface area contributed by atoms with Crippen LogP contribution in [0, 0.1) is 0 Å². The average molecular weight is 253 g/mol. The summed E-state index contributed by atoms with van der Waals surface area (Å²) in [4.78, 5) is 11.8. The maximum absolute atomic E-state index is 10.8. The van der Waals surface area contributed by atoms with E-state index in [1.165, 1.54) is 0 Å². The van der Waals surface area contributed by atoms with E-state index in [4.69, 9.17) is 15.6 Å². The van der Waals surface area contributed by atoms with Crippen LogP contribution in [0.15, 0.2) is 23.1 Å². The molecule has 1 aliphatic rings. The number of carboxylic acid groups (broad SMARTS) is 1. The van der Waals surface area contributed by atoms with E-state index in [1.54, 1.807) is 23.9 Å². The zero-order valence-electron chi connectivity index (χ0n) is 9.39. The molecule has 0 aliphatic carbocycles. The number of rotatable bonds is 3. The second-order valence-electron chi connectivity index (χ2n) is 3.98. The normalized spacial score (nSPS) is 16.9. The van der Waals surface area contributed by atoms with Crippen LogP contribution in [0.2, 0.25) is 0 Å². The van der Waals surface area contributed by atoms with Crippen molar-refractivity contribution in [1.29, 1.82) is 0 Å². The minimum atomic E-state index is -0.981. The summed E-state index contributed by atoms with van der Waals surface area (Å²) in [6, 6.07) is 5.13. The SMILES string of the molecule is Nc1cc(SC2CCOCC2)ccc1C(=O)O. The summed E-state index contributed by atoms with van der Waals surface area (Å²) in [5, 5.41) is 9.42. The van der Waals surface area contributed by atoms with E-state index in [1.807, 2.05) is 6.07 Å². The Hall–Kier alpha value is -1.20. The molecule has 1 aliphatic heterocycles. The molecule has 0 aromatic heterocycles. The summed E-state index contributed by atoms with van der Waals surface area (Å²) in [5.74, 6) is -0.981. The third-order valence-electron chi connectivity index (χ3n) is 2.72. The molecule has 1 aromatic carbocycles. The van der Waals surface area contributed by atoms with Gasteiger partial charge < -0.3 is 15.6 Å². The average Bonchev–Trinajstić information content (AvgIpc) is 2.30. The van der Waals surface area contributed by atoms with Crippen LogP contribution >= 0.6 is 11.8 Å². The van der Waals surface area contributed by atoms with Crippen molar-refractivity contribution in [2.24, 2.45) is 0 Å². The van der Waals surface area contributed by atoms with E-state index in [0.717, 1.165) is 31.0 Å². The number of hydrogen-bond donors (Lipinski definition) is 2. The summed E-state index contributed by atoms with van der Waals surface area (Å²) in [6.07, 6.45) is 2.07. The van der Waals surface area contributed by atoms with E-state index in [2.05, 4.69) is 0 Å². The third-order valence-corrected chi connectivity index (χ3v) is 4.06. The lowest BCUT2D eigenvalue weighted by molar-refractivity contribution is 0.0698. The number of carbonyl (C=O) groups is 1. The van der Waals surface area contributed by atoms with Crippen molar-refractivity contribution in [3.05, 3.63) is 23.8 Å². The number of carboxylic acids is 1. The minimum absolute atomic E-state index is 0.168. The second kappa shape index (κ2) is 5.42. The molecule has 0 atom stereocenters. The first kappa shape index (κ1) is 12.3. The van der Waals surface area contributed by atoms with Gasteiger partial charge in [-0.3, -0.25) is 0 Å². The van der Waals surface area contributed by atoms with Gasteiger partial charge in [0, 0.05) is 29.0 Å². The lowest BCUT2D eigenvalue weighted by Gasteiger charge is -2.21. The second-order valence-corrected chi connectivity index (χ2v) is 5.36. The van der Waals surface area contributed by atoms with Crippen LogP contribution in [0.5, 0.6) is 0 Å². The Morgan fingerprint density at radius 3 is 2.71 bits per heavy atom. The molecule has 5 heteroatoms. The van der Waals surface area contributed by atoms with Gasteiger partial charge >= 0.3 is 5.97 Å². The van der Waals surface area contributed by atoms with Crippen molar-refractivity contribution in [2.75, 3.05) is 18.9 Å². The fourth-order valence-corrected chi connectivity index (χ4v) is 2.95. The van der Waals surface area contributed by atoms with Gasteiger partial charge in [-0.2, -0.15) is 0 Å². The fraction of sp³-hybridized carbons (Fsp3) is 0.417. The van der Waals surface area contributed by atoms with Crippen LogP contribution in [0.1, 0.15) is 23.2 Å². The number of hydrogen-bond acceptors (Lipinski definition) is 4. The molecule has 3 N–H and O–H groups in total. The first-order valence-electron chi connectivity index (χ1n) is 5.54. The van der Waals surface area contributed by atoms with Crippen molar-refractivity contribution >= 4 is 23.4 Å². The van der Waals surface area contributed by atoms with Gasteiger partial charge in [0.25, 0.3) is 0 Å². The first-order chi connectivity index (χ1) is 8.16. The summed E-state index contributed by atoms with van der Waals surface area (Å²) in [6.45, 7) is 1.61. The van der Waals surface area contributed by atoms with Crippen molar-refractivity contribution in [3.8, 4) is 0 Å². The monoisotopic (exact) mass is 253 g/mol. The summed E-state index contributed by atoms with van der Waals surface area (Å²) in [5.41, 5.74) is 6.20. The van der Waals surface area contributed by atoms with Crippen LogP contribution in [0.3, 0.4) is 0 Å². The molecule has 2 rings (SSSR count). The number of nitrogen functional groups attached to an aromatic ring is 1. The zero-order valence-corrected chi connectivity index (χ0v) is 10.2. The van der Waals surface area contributed by atoms with Crippen LogP contribution in [-0.4, -0.2) is 29.5 Å². The fourth-order valence-electron chi connectivity index (χ4n) is 1.80. The molecule has 1 fully saturated rings. The van der Waals surface area contributed by atoms with E-state index in [-0.39, 0.29) is 5.56 Å². The van der Waals surface area contributed by atoms with Gasteiger partial charge in [-0.25, -0.2) is 4.79 Å². The molecule has 0 spiro atoms.